The Morgan fingerprint density at radius 2 is 1.77 bits per heavy atom. The van der Waals surface area contributed by atoms with Gasteiger partial charge in [0.05, 0.1) is 35.3 Å². The van der Waals surface area contributed by atoms with Crippen molar-refractivity contribution < 1.29 is 43.9 Å². The topological polar surface area (TPSA) is 72.3 Å². The lowest BCUT2D eigenvalue weighted by Gasteiger charge is -2.26. The van der Waals surface area contributed by atoms with E-state index < -0.39 is 62.4 Å². The summed E-state index contributed by atoms with van der Waals surface area (Å²) in [6, 6.07) is 4.63. The fourth-order valence-corrected chi connectivity index (χ4v) is 5.06. The van der Waals surface area contributed by atoms with E-state index in [0.717, 1.165) is 28.0 Å². The van der Waals surface area contributed by atoms with Crippen molar-refractivity contribution in [3.63, 3.8) is 0 Å². The zero-order valence-corrected chi connectivity index (χ0v) is 21.5. The van der Waals surface area contributed by atoms with E-state index in [1.807, 2.05) is 0 Å². The molecule has 1 aliphatic rings. The molecule has 0 radical (unpaired) electrons. The number of hydrogen-bond acceptors (Lipinski definition) is 4. The molecular formula is C26H20F7N3O3S. The van der Waals surface area contributed by atoms with Crippen LogP contribution < -0.4 is 4.90 Å². The van der Waals surface area contributed by atoms with Crippen LogP contribution in [0.25, 0.3) is 0 Å². The van der Waals surface area contributed by atoms with Crippen molar-refractivity contribution in [2.45, 2.75) is 37.0 Å². The van der Waals surface area contributed by atoms with Gasteiger partial charge >= 0.3 is 12.4 Å². The third-order valence-electron chi connectivity index (χ3n) is 6.13. The van der Waals surface area contributed by atoms with Crippen LogP contribution in [0.3, 0.4) is 0 Å². The monoisotopic (exact) mass is 587 g/mol. The van der Waals surface area contributed by atoms with E-state index in [1.165, 1.54) is 18.5 Å². The molecule has 6 nitrogen and oxygen atoms in total. The van der Waals surface area contributed by atoms with Gasteiger partial charge in [-0.15, -0.1) is 0 Å². The Kier molecular flexibility index (Phi) is 7.72. The van der Waals surface area contributed by atoms with Crippen LogP contribution in [0.2, 0.25) is 0 Å². The van der Waals surface area contributed by atoms with E-state index in [0.29, 0.717) is 23.3 Å². The molecule has 1 unspecified atom stereocenters. The van der Waals surface area contributed by atoms with Crippen LogP contribution in [0.5, 0.6) is 0 Å². The summed E-state index contributed by atoms with van der Waals surface area (Å²) in [6.45, 7) is -0.354. The number of halogens is 7. The van der Waals surface area contributed by atoms with Crippen molar-refractivity contribution >= 4 is 21.4 Å². The highest BCUT2D eigenvalue weighted by molar-refractivity contribution is 7.89. The van der Waals surface area contributed by atoms with Crippen molar-refractivity contribution in [3.8, 4) is 11.8 Å². The first-order chi connectivity index (χ1) is 18.5. The predicted octanol–water partition coefficient (Wildman–Crippen LogP) is 5.18. The summed E-state index contributed by atoms with van der Waals surface area (Å²) in [4.78, 5) is 14.7. The van der Waals surface area contributed by atoms with Gasteiger partial charge in [0.2, 0.25) is 5.91 Å². The number of benzene rings is 2. The van der Waals surface area contributed by atoms with Crippen molar-refractivity contribution in [1.29, 1.82) is 0 Å². The van der Waals surface area contributed by atoms with Crippen LogP contribution in [0.4, 0.5) is 36.4 Å². The Bertz CT molecular complexity index is 1620. The average molecular weight is 588 g/mol. The van der Waals surface area contributed by atoms with E-state index in [4.69, 9.17) is 0 Å². The lowest BCUT2D eigenvalue weighted by Crippen LogP contribution is -2.35. The molecule has 1 aliphatic heterocycles. The maximum atomic E-state index is 14.0. The molecule has 0 N–H and O–H groups in total. The lowest BCUT2D eigenvalue weighted by atomic mass is 9.88. The number of fused-ring (bicyclic) bond motifs is 1. The Balaban J connectivity index is 1.73. The smallest absolute Gasteiger partial charge is 0.300 e. The highest BCUT2D eigenvalue weighted by Gasteiger charge is 2.42. The van der Waals surface area contributed by atoms with Gasteiger partial charge in [0.15, 0.2) is 9.84 Å². The van der Waals surface area contributed by atoms with Crippen LogP contribution in [0.1, 0.15) is 40.2 Å². The van der Waals surface area contributed by atoms with Crippen LogP contribution in [-0.4, -0.2) is 36.9 Å². The summed E-state index contributed by atoms with van der Waals surface area (Å²) < 4.78 is 119. The van der Waals surface area contributed by atoms with Crippen molar-refractivity contribution in [3.05, 3.63) is 82.4 Å². The molecular weight excluding hydrogens is 567 g/mol. The summed E-state index contributed by atoms with van der Waals surface area (Å²) >= 11 is 0. The van der Waals surface area contributed by atoms with Gasteiger partial charge in [0.25, 0.3) is 0 Å². The van der Waals surface area contributed by atoms with E-state index in [1.54, 1.807) is 0 Å². The molecule has 14 heteroatoms. The average Bonchev–Trinajstić information content (AvgIpc) is 3.21. The molecule has 4 rings (SSSR count). The minimum Gasteiger partial charge on any atom is -0.300 e. The number of rotatable bonds is 4. The third-order valence-corrected chi connectivity index (χ3v) is 6.86. The van der Waals surface area contributed by atoms with Crippen molar-refractivity contribution in [2.24, 2.45) is 0 Å². The quantitative estimate of drug-likeness (QED) is 0.312. The first kappa shape index (κ1) is 29.1. The zero-order valence-electron chi connectivity index (χ0n) is 20.6. The Morgan fingerprint density at radius 1 is 1.05 bits per heavy atom. The predicted molar refractivity (Wildman–Crippen MR) is 130 cm³/mol. The van der Waals surface area contributed by atoms with E-state index in [2.05, 4.69) is 16.9 Å². The Labute approximate surface area is 224 Å². The zero-order chi connectivity index (χ0) is 29.5. The molecule has 0 aliphatic carbocycles. The number of hydrogen-bond donors (Lipinski definition) is 0. The number of alkyl halides is 6. The third kappa shape index (κ3) is 6.64. The summed E-state index contributed by atoms with van der Waals surface area (Å²) in [5.74, 6) is 2.01. The first-order valence-electron chi connectivity index (χ1n) is 11.6. The number of amides is 1. The van der Waals surface area contributed by atoms with Gasteiger partial charge in [-0.05, 0) is 54.3 Å². The van der Waals surface area contributed by atoms with Crippen molar-refractivity contribution in [2.75, 3.05) is 17.7 Å². The lowest BCUT2D eigenvalue weighted by molar-refractivity contribution is -0.143. The molecule has 1 amide bonds. The molecule has 0 fully saturated rings. The summed E-state index contributed by atoms with van der Waals surface area (Å²) in [5.41, 5.74) is -2.89. The summed E-state index contributed by atoms with van der Waals surface area (Å²) in [5, 5.41) is 3.88. The van der Waals surface area contributed by atoms with Gasteiger partial charge in [-0.1, -0.05) is 17.9 Å². The van der Waals surface area contributed by atoms with Crippen molar-refractivity contribution in [1.82, 2.24) is 9.78 Å². The molecule has 0 saturated heterocycles. The molecule has 1 aromatic heterocycles. The second-order valence-electron chi connectivity index (χ2n) is 9.21. The fraction of sp³-hybridized carbons (Fsp3) is 0.308. The van der Waals surface area contributed by atoms with Crippen LogP contribution in [-0.2, 0) is 39.3 Å². The van der Waals surface area contributed by atoms with Gasteiger partial charge in [-0.2, -0.15) is 31.4 Å². The number of carbonyl (C=O) groups is 1. The molecule has 0 saturated carbocycles. The second kappa shape index (κ2) is 10.6. The second-order valence-corrected chi connectivity index (χ2v) is 11.3. The standard InChI is InChI=1S/C26H20F7N3O3S/c1-40(38,39)15-35-14-16(13-34-35)3-2-10-36-23-9-6-19(27)11-17(23)4-7-21(24(36)37)20-8-5-18(25(28,29)30)12-22(20)26(31,32)33/h5-6,8-9,11-14,21H,4,7,10,15H2,1H3. The number of aryl methyl sites for hydroxylation is 1. The highest BCUT2D eigenvalue weighted by atomic mass is 32.2. The fourth-order valence-electron chi connectivity index (χ4n) is 4.44. The molecule has 40 heavy (non-hydrogen) atoms. The largest absolute Gasteiger partial charge is 0.416 e. The molecule has 3 aromatic rings. The molecule has 0 spiro atoms. The number of sulfone groups is 1. The number of anilines is 1. The number of carbonyl (C=O) groups excluding carboxylic acids is 1. The molecule has 1 atom stereocenters. The van der Waals surface area contributed by atoms with Crippen LogP contribution in [0.15, 0.2) is 48.8 Å². The molecule has 2 heterocycles. The summed E-state index contributed by atoms with van der Waals surface area (Å²) in [7, 11) is -3.38. The van der Waals surface area contributed by atoms with Gasteiger partial charge in [0, 0.05) is 18.1 Å². The first-order valence-corrected chi connectivity index (χ1v) is 13.7. The normalized spacial score (nSPS) is 16.2. The minimum atomic E-state index is -5.18. The molecule has 2 aromatic carbocycles. The Hall–Kier alpha value is -3.86. The van der Waals surface area contributed by atoms with Crippen LogP contribution in [0, 0.1) is 17.7 Å². The highest BCUT2D eigenvalue weighted by Crippen LogP contribution is 2.42. The van der Waals surface area contributed by atoms with Crippen LogP contribution >= 0.6 is 0 Å². The molecule has 212 valence electrons. The summed E-state index contributed by atoms with van der Waals surface area (Å²) in [6.07, 6.45) is -6.80. The van der Waals surface area contributed by atoms with Gasteiger partial charge in [-0.3, -0.25) is 14.4 Å². The maximum Gasteiger partial charge on any atom is 0.416 e. The number of aromatic nitrogens is 2. The van der Waals surface area contributed by atoms with E-state index in [-0.39, 0.29) is 31.1 Å². The number of nitrogens with zero attached hydrogens (tertiary/aromatic N) is 3. The van der Waals surface area contributed by atoms with E-state index in [9.17, 15) is 43.9 Å². The van der Waals surface area contributed by atoms with Gasteiger partial charge < -0.3 is 0 Å². The Morgan fingerprint density at radius 3 is 2.42 bits per heavy atom. The minimum absolute atomic E-state index is 0.0153. The van der Waals surface area contributed by atoms with Gasteiger partial charge in [0.1, 0.15) is 11.7 Å². The SMILES string of the molecule is CS(=O)(=O)Cn1cc(C#CCN2C(=O)C(c3ccc(C(F)(F)F)cc3C(F)(F)F)CCc3cc(F)ccc32)cn1. The van der Waals surface area contributed by atoms with Gasteiger partial charge in [-0.25, -0.2) is 12.8 Å². The molecule has 0 bridgehead atoms. The maximum absolute atomic E-state index is 14.0. The van der Waals surface area contributed by atoms with E-state index >= 15 is 0 Å².